The standard InChI is InChI=1S/C13H16N4O2/c1-8-4-5-11(6-9(8)2)7-12-14-15-16-17(12)10(3)13(18)19/h4-6,10H,7H2,1-3H3,(H,18,19). The van der Waals surface area contributed by atoms with E-state index in [9.17, 15) is 4.79 Å². The number of benzene rings is 1. The Morgan fingerprint density at radius 2 is 2.11 bits per heavy atom. The van der Waals surface area contributed by atoms with Crippen LogP contribution in [0, 0.1) is 13.8 Å². The predicted octanol–water partition coefficient (Wildman–Crippen LogP) is 1.53. The van der Waals surface area contributed by atoms with Gasteiger partial charge >= 0.3 is 5.97 Å². The molecule has 0 spiro atoms. The van der Waals surface area contributed by atoms with Crippen molar-refractivity contribution in [1.82, 2.24) is 20.2 Å². The van der Waals surface area contributed by atoms with Crippen LogP contribution in [0.5, 0.6) is 0 Å². The second-order valence-corrected chi connectivity index (χ2v) is 4.65. The van der Waals surface area contributed by atoms with E-state index < -0.39 is 12.0 Å². The third kappa shape index (κ3) is 2.78. The van der Waals surface area contributed by atoms with E-state index in [4.69, 9.17) is 5.11 Å². The fourth-order valence-electron chi connectivity index (χ4n) is 1.83. The molecule has 0 radical (unpaired) electrons. The quantitative estimate of drug-likeness (QED) is 0.901. The second kappa shape index (κ2) is 5.17. The number of aliphatic carboxylic acids is 1. The average Bonchev–Trinajstić information content (AvgIpc) is 2.81. The summed E-state index contributed by atoms with van der Waals surface area (Å²) < 4.78 is 1.34. The fraction of sp³-hybridized carbons (Fsp3) is 0.385. The maximum Gasteiger partial charge on any atom is 0.328 e. The van der Waals surface area contributed by atoms with Crippen molar-refractivity contribution in [3.05, 3.63) is 40.7 Å². The Balaban J connectivity index is 2.26. The smallest absolute Gasteiger partial charge is 0.328 e. The molecule has 1 aromatic heterocycles. The summed E-state index contributed by atoms with van der Waals surface area (Å²) in [6.45, 7) is 5.65. The number of carbonyl (C=O) groups is 1. The molecule has 0 saturated carbocycles. The normalized spacial score (nSPS) is 12.4. The SMILES string of the molecule is Cc1ccc(Cc2nnnn2C(C)C(=O)O)cc1C. The van der Waals surface area contributed by atoms with E-state index in [1.165, 1.54) is 15.8 Å². The Kier molecular flexibility index (Phi) is 3.59. The van der Waals surface area contributed by atoms with Gasteiger partial charge in [0.15, 0.2) is 5.82 Å². The summed E-state index contributed by atoms with van der Waals surface area (Å²) in [7, 11) is 0. The van der Waals surface area contributed by atoms with Gasteiger partial charge in [0.05, 0.1) is 0 Å². The van der Waals surface area contributed by atoms with E-state index in [0.717, 1.165) is 5.56 Å². The summed E-state index contributed by atoms with van der Waals surface area (Å²) >= 11 is 0. The number of carboxylic acids is 1. The second-order valence-electron chi connectivity index (χ2n) is 4.65. The number of carboxylic acid groups (broad SMARTS) is 1. The Bertz CT molecular complexity index is 606. The maximum atomic E-state index is 11.0. The number of aromatic nitrogens is 4. The fourth-order valence-corrected chi connectivity index (χ4v) is 1.83. The molecule has 6 heteroatoms. The molecule has 0 bridgehead atoms. The van der Waals surface area contributed by atoms with Crippen molar-refractivity contribution >= 4 is 5.97 Å². The zero-order chi connectivity index (χ0) is 14.0. The summed E-state index contributed by atoms with van der Waals surface area (Å²) in [6.07, 6.45) is 0.520. The molecule has 1 atom stereocenters. The third-order valence-electron chi connectivity index (χ3n) is 3.22. The molecule has 19 heavy (non-hydrogen) atoms. The van der Waals surface area contributed by atoms with Gasteiger partial charge in [0.25, 0.3) is 0 Å². The number of rotatable bonds is 4. The highest BCUT2D eigenvalue weighted by atomic mass is 16.4. The van der Waals surface area contributed by atoms with E-state index >= 15 is 0 Å². The van der Waals surface area contributed by atoms with Crippen molar-refractivity contribution < 1.29 is 9.90 Å². The monoisotopic (exact) mass is 260 g/mol. The first kappa shape index (κ1) is 13.2. The molecule has 100 valence electrons. The van der Waals surface area contributed by atoms with Crippen molar-refractivity contribution in [3.63, 3.8) is 0 Å². The number of aryl methyl sites for hydroxylation is 2. The molecule has 1 heterocycles. The molecule has 6 nitrogen and oxygen atoms in total. The topological polar surface area (TPSA) is 80.9 Å². The van der Waals surface area contributed by atoms with Gasteiger partial charge in [-0.3, -0.25) is 0 Å². The lowest BCUT2D eigenvalue weighted by Crippen LogP contribution is -2.19. The predicted molar refractivity (Wildman–Crippen MR) is 68.9 cm³/mol. The molecule has 0 fully saturated rings. The van der Waals surface area contributed by atoms with Crippen LogP contribution in [0.25, 0.3) is 0 Å². The minimum atomic E-state index is -0.950. The lowest BCUT2D eigenvalue weighted by atomic mass is 10.0. The van der Waals surface area contributed by atoms with E-state index in [1.54, 1.807) is 6.92 Å². The highest BCUT2D eigenvalue weighted by Crippen LogP contribution is 2.14. The van der Waals surface area contributed by atoms with Crippen LogP contribution in [0.1, 0.15) is 35.5 Å². The van der Waals surface area contributed by atoms with E-state index in [-0.39, 0.29) is 0 Å². The van der Waals surface area contributed by atoms with Gasteiger partial charge in [-0.25, -0.2) is 9.48 Å². The van der Waals surface area contributed by atoms with Crippen molar-refractivity contribution in [2.75, 3.05) is 0 Å². The van der Waals surface area contributed by atoms with Crippen LogP contribution in [0.2, 0.25) is 0 Å². The van der Waals surface area contributed by atoms with E-state index in [1.807, 2.05) is 19.1 Å². The zero-order valence-corrected chi connectivity index (χ0v) is 11.2. The van der Waals surface area contributed by atoms with Crippen LogP contribution >= 0.6 is 0 Å². The van der Waals surface area contributed by atoms with Gasteiger partial charge in [0.1, 0.15) is 6.04 Å². The van der Waals surface area contributed by atoms with Gasteiger partial charge in [-0.2, -0.15) is 0 Å². The number of nitrogens with zero attached hydrogens (tertiary/aromatic N) is 4. The first-order chi connectivity index (χ1) is 8.99. The van der Waals surface area contributed by atoms with E-state index in [0.29, 0.717) is 12.2 Å². The van der Waals surface area contributed by atoms with Crippen molar-refractivity contribution in [2.24, 2.45) is 0 Å². The molecule has 0 aliphatic rings. The Morgan fingerprint density at radius 1 is 1.37 bits per heavy atom. The molecule has 2 aromatic rings. The minimum Gasteiger partial charge on any atom is -0.480 e. The summed E-state index contributed by atoms with van der Waals surface area (Å²) in [5, 5.41) is 20.2. The lowest BCUT2D eigenvalue weighted by molar-refractivity contribution is -0.140. The van der Waals surface area contributed by atoms with Gasteiger partial charge in [-0.05, 0) is 47.9 Å². The van der Waals surface area contributed by atoms with Crippen LogP contribution in [0.4, 0.5) is 0 Å². The molecule has 1 unspecified atom stereocenters. The molecular formula is C13H16N4O2. The Morgan fingerprint density at radius 3 is 2.74 bits per heavy atom. The lowest BCUT2D eigenvalue weighted by Gasteiger charge is -2.09. The molecular weight excluding hydrogens is 244 g/mol. The Hall–Kier alpha value is -2.24. The first-order valence-corrected chi connectivity index (χ1v) is 6.04. The van der Waals surface area contributed by atoms with Crippen molar-refractivity contribution in [3.8, 4) is 0 Å². The van der Waals surface area contributed by atoms with E-state index in [2.05, 4.69) is 28.5 Å². The average molecular weight is 260 g/mol. The summed E-state index contributed by atoms with van der Waals surface area (Å²) in [5.74, 6) is -0.396. The van der Waals surface area contributed by atoms with Crippen molar-refractivity contribution in [1.29, 1.82) is 0 Å². The largest absolute Gasteiger partial charge is 0.480 e. The number of hydrogen-bond acceptors (Lipinski definition) is 4. The zero-order valence-electron chi connectivity index (χ0n) is 11.2. The molecule has 1 N–H and O–H groups in total. The molecule has 0 saturated heterocycles. The van der Waals surface area contributed by atoms with Gasteiger partial charge in [0, 0.05) is 6.42 Å². The van der Waals surface area contributed by atoms with Crippen LogP contribution in [-0.2, 0) is 11.2 Å². The van der Waals surface area contributed by atoms with Crippen LogP contribution < -0.4 is 0 Å². The van der Waals surface area contributed by atoms with Crippen LogP contribution in [-0.4, -0.2) is 31.3 Å². The molecule has 0 amide bonds. The van der Waals surface area contributed by atoms with Gasteiger partial charge in [0.2, 0.25) is 0 Å². The molecule has 0 aliphatic heterocycles. The minimum absolute atomic E-state index is 0.520. The van der Waals surface area contributed by atoms with Crippen molar-refractivity contribution in [2.45, 2.75) is 33.2 Å². The number of hydrogen-bond donors (Lipinski definition) is 1. The molecule has 0 aliphatic carbocycles. The third-order valence-corrected chi connectivity index (χ3v) is 3.22. The summed E-state index contributed by atoms with van der Waals surface area (Å²) in [4.78, 5) is 11.0. The molecule has 1 aromatic carbocycles. The summed E-state index contributed by atoms with van der Waals surface area (Å²) in [6, 6.07) is 5.35. The van der Waals surface area contributed by atoms with Crippen LogP contribution in [0.3, 0.4) is 0 Å². The highest BCUT2D eigenvalue weighted by Gasteiger charge is 2.19. The molecule has 2 rings (SSSR count). The first-order valence-electron chi connectivity index (χ1n) is 6.04. The van der Waals surface area contributed by atoms with Gasteiger partial charge in [-0.15, -0.1) is 5.10 Å². The summed E-state index contributed by atoms with van der Waals surface area (Å²) in [5.41, 5.74) is 3.49. The van der Waals surface area contributed by atoms with Gasteiger partial charge in [-0.1, -0.05) is 18.2 Å². The van der Waals surface area contributed by atoms with Gasteiger partial charge < -0.3 is 5.11 Å². The maximum absolute atomic E-state index is 11.0. The number of tetrazole rings is 1. The van der Waals surface area contributed by atoms with Crippen LogP contribution in [0.15, 0.2) is 18.2 Å². The Labute approximate surface area is 111 Å². The highest BCUT2D eigenvalue weighted by molar-refractivity contribution is 5.71.